The van der Waals surface area contributed by atoms with Crippen LogP contribution in [0.5, 0.6) is 0 Å². The Kier molecular flexibility index (Phi) is 2.26. The van der Waals surface area contributed by atoms with Crippen LogP contribution in [0.4, 0.5) is 0 Å². The van der Waals surface area contributed by atoms with Crippen molar-refractivity contribution in [2.24, 2.45) is 0 Å². The van der Waals surface area contributed by atoms with Gasteiger partial charge < -0.3 is 5.11 Å². The molecule has 0 spiro atoms. The van der Waals surface area contributed by atoms with Gasteiger partial charge in [-0.3, -0.25) is 0 Å². The third-order valence-electron chi connectivity index (χ3n) is 1.07. The molecule has 0 aromatic carbocycles. The van der Waals surface area contributed by atoms with Crippen LogP contribution in [0.25, 0.3) is 0 Å². The zero-order valence-corrected chi connectivity index (χ0v) is 4.77. The van der Waals surface area contributed by atoms with E-state index in [0.717, 1.165) is 0 Å². The smallest absolute Gasteiger partial charge is 0.111 e. The Hall–Kier alpha value is -0.0800. The average Bonchev–Trinajstić information content (AvgIpc) is 1.68. The second kappa shape index (κ2) is 2.28. The summed E-state index contributed by atoms with van der Waals surface area (Å²) in [5.41, 5.74) is -0.972. The molecule has 0 saturated carbocycles. The molecule has 1 radical (unpaired) electrons. The van der Waals surface area contributed by atoms with Crippen molar-refractivity contribution in [1.29, 1.82) is 0 Å². The van der Waals surface area contributed by atoms with Crippen molar-refractivity contribution in [3.05, 3.63) is 0 Å². The highest BCUT2D eigenvalue weighted by atomic mass is 16.3. The van der Waals surface area contributed by atoms with E-state index in [9.17, 15) is 5.11 Å². The molecule has 43 valence electrons. The third kappa shape index (κ3) is 2.60. The highest BCUT2D eigenvalue weighted by molar-refractivity contribution is 4.66. The number of aliphatic hydroxyl groups is 1. The van der Waals surface area contributed by atoms with E-state index in [-0.39, 0.29) is 0 Å². The molecule has 0 rings (SSSR count). The van der Waals surface area contributed by atoms with Gasteiger partial charge in [0.15, 0.2) is 0 Å². The summed E-state index contributed by atoms with van der Waals surface area (Å²) in [7, 11) is 0. The van der Waals surface area contributed by atoms with Gasteiger partial charge in [-0.2, -0.15) is 0 Å². The molecule has 2 nitrogen and oxygen atoms in total. The Morgan fingerprint density at radius 1 is 1.71 bits per heavy atom. The lowest BCUT2D eigenvalue weighted by Crippen LogP contribution is -2.26. The SMILES string of the molecule is CCC(C)(O)C[O]. The second-order valence-corrected chi connectivity index (χ2v) is 1.99. The summed E-state index contributed by atoms with van der Waals surface area (Å²) in [6.07, 6.45) is 0.538. The van der Waals surface area contributed by atoms with E-state index >= 15 is 0 Å². The highest BCUT2D eigenvalue weighted by Crippen LogP contribution is 2.04. The lowest BCUT2D eigenvalue weighted by molar-refractivity contribution is -0.0278. The van der Waals surface area contributed by atoms with Gasteiger partial charge in [0.1, 0.15) is 6.61 Å². The van der Waals surface area contributed by atoms with Crippen LogP contribution in [0.3, 0.4) is 0 Å². The van der Waals surface area contributed by atoms with Crippen LogP contribution in [-0.2, 0) is 5.11 Å². The minimum atomic E-state index is -0.972. The van der Waals surface area contributed by atoms with E-state index < -0.39 is 12.2 Å². The fourth-order valence-corrected chi connectivity index (χ4v) is 0.102. The molecular formula is C5H11O2. The Labute approximate surface area is 43.8 Å². The molecule has 0 aromatic heterocycles. The molecule has 7 heavy (non-hydrogen) atoms. The molecule has 0 amide bonds. The molecule has 1 atom stereocenters. The van der Waals surface area contributed by atoms with Crippen molar-refractivity contribution in [3.8, 4) is 0 Å². The first kappa shape index (κ1) is 6.92. The van der Waals surface area contributed by atoms with Gasteiger partial charge in [0.05, 0.1) is 5.60 Å². The first-order chi connectivity index (χ1) is 3.12. The Morgan fingerprint density at radius 3 is 2.14 bits per heavy atom. The molecule has 0 aliphatic carbocycles. The van der Waals surface area contributed by atoms with Crippen LogP contribution in [0.2, 0.25) is 0 Å². The van der Waals surface area contributed by atoms with Crippen LogP contribution >= 0.6 is 0 Å². The first-order valence-electron chi connectivity index (χ1n) is 2.43. The predicted molar refractivity (Wildman–Crippen MR) is 26.5 cm³/mol. The van der Waals surface area contributed by atoms with Crippen molar-refractivity contribution >= 4 is 0 Å². The zero-order chi connectivity index (χ0) is 5.91. The Morgan fingerprint density at radius 2 is 2.14 bits per heavy atom. The van der Waals surface area contributed by atoms with Crippen LogP contribution in [-0.4, -0.2) is 17.3 Å². The minimum Gasteiger partial charge on any atom is -0.388 e. The molecule has 0 aliphatic heterocycles. The minimum absolute atomic E-state index is 0.399. The van der Waals surface area contributed by atoms with Crippen molar-refractivity contribution in [3.63, 3.8) is 0 Å². The molecule has 2 heteroatoms. The van der Waals surface area contributed by atoms with Gasteiger partial charge in [-0.1, -0.05) is 6.92 Å². The van der Waals surface area contributed by atoms with Crippen LogP contribution < -0.4 is 0 Å². The van der Waals surface area contributed by atoms with Gasteiger partial charge in [-0.25, -0.2) is 5.11 Å². The number of hydrogen-bond donors (Lipinski definition) is 1. The lowest BCUT2D eigenvalue weighted by atomic mass is 10.1. The predicted octanol–water partition coefficient (Wildman–Crippen LogP) is 0.578. The maximum atomic E-state index is 9.93. The molecule has 1 N–H and O–H groups in total. The van der Waals surface area contributed by atoms with Gasteiger partial charge in [0, 0.05) is 0 Å². The van der Waals surface area contributed by atoms with Gasteiger partial charge >= 0.3 is 0 Å². The van der Waals surface area contributed by atoms with E-state index in [0.29, 0.717) is 6.42 Å². The first-order valence-corrected chi connectivity index (χ1v) is 2.43. The van der Waals surface area contributed by atoms with Crippen LogP contribution in [0, 0.1) is 0 Å². The standard InChI is InChI=1S/C5H11O2/c1-3-5(2,7)4-6/h7H,3-4H2,1-2H3. The molecule has 0 bridgehead atoms. The molecule has 0 aliphatic rings. The Balaban J connectivity index is 3.36. The van der Waals surface area contributed by atoms with E-state index in [1.165, 1.54) is 0 Å². The van der Waals surface area contributed by atoms with Crippen molar-refractivity contribution in [2.45, 2.75) is 25.9 Å². The summed E-state index contributed by atoms with van der Waals surface area (Å²) < 4.78 is 0. The third-order valence-corrected chi connectivity index (χ3v) is 1.07. The monoisotopic (exact) mass is 103 g/mol. The van der Waals surface area contributed by atoms with Gasteiger partial charge in [0.25, 0.3) is 0 Å². The van der Waals surface area contributed by atoms with Gasteiger partial charge in [-0.15, -0.1) is 0 Å². The average molecular weight is 103 g/mol. The fourth-order valence-electron chi connectivity index (χ4n) is 0.102. The van der Waals surface area contributed by atoms with E-state index in [1.807, 2.05) is 0 Å². The summed E-state index contributed by atoms with van der Waals surface area (Å²) in [5, 5.41) is 18.8. The van der Waals surface area contributed by atoms with Crippen molar-refractivity contribution in [2.75, 3.05) is 6.61 Å². The molecular weight excluding hydrogens is 92.1 g/mol. The zero-order valence-electron chi connectivity index (χ0n) is 4.77. The summed E-state index contributed by atoms with van der Waals surface area (Å²) in [6, 6.07) is 0. The lowest BCUT2D eigenvalue weighted by Gasteiger charge is -2.14. The maximum absolute atomic E-state index is 9.93. The molecule has 0 saturated heterocycles. The molecule has 1 unspecified atom stereocenters. The van der Waals surface area contributed by atoms with Crippen LogP contribution in [0.1, 0.15) is 20.3 Å². The van der Waals surface area contributed by atoms with E-state index in [2.05, 4.69) is 0 Å². The fraction of sp³-hybridized carbons (Fsp3) is 1.00. The van der Waals surface area contributed by atoms with E-state index in [1.54, 1.807) is 13.8 Å². The Bertz CT molecular complexity index is 44.0. The molecule has 0 heterocycles. The quantitative estimate of drug-likeness (QED) is 0.545. The number of rotatable bonds is 2. The second-order valence-electron chi connectivity index (χ2n) is 1.99. The summed E-state index contributed by atoms with van der Waals surface area (Å²) >= 11 is 0. The maximum Gasteiger partial charge on any atom is 0.111 e. The summed E-state index contributed by atoms with van der Waals surface area (Å²) in [6.45, 7) is 2.93. The van der Waals surface area contributed by atoms with Gasteiger partial charge in [-0.05, 0) is 13.3 Å². The topological polar surface area (TPSA) is 40.1 Å². The largest absolute Gasteiger partial charge is 0.388 e. The van der Waals surface area contributed by atoms with Gasteiger partial charge in [0.2, 0.25) is 0 Å². The summed E-state index contributed by atoms with van der Waals surface area (Å²) in [5.74, 6) is 0. The van der Waals surface area contributed by atoms with Crippen molar-refractivity contribution in [1.82, 2.24) is 0 Å². The molecule has 0 aromatic rings. The summed E-state index contributed by atoms with van der Waals surface area (Å²) in [4.78, 5) is 0. The number of hydrogen-bond acceptors (Lipinski definition) is 1. The normalized spacial score (nSPS) is 18.9. The van der Waals surface area contributed by atoms with Crippen molar-refractivity contribution < 1.29 is 10.2 Å². The van der Waals surface area contributed by atoms with E-state index in [4.69, 9.17) is 5.11 Å². The highest BCUT2D eigenvalue weighted by Gasteiger charge is 2.15. The molecule has 0 fully saturated rings. The van der Waals surface area contributed by atoms with Crippen LogP contribution in [0.15, 0.2) is 0 Å².